The molecule has 0 saturated carbocycles. The highest BCUT2D eigenvalue weighted by Crippen LogP contribution is 2.39. The maximum absolute atomic E-state index is 12.5. The molecule has 7 heteroatoms. The third kappa shape index (κ3) is 4.19. The highest BCUT2D eigenvalue weighted by molar-refractivity contribution is 7.17. The van der Waals surface area contributed by atoms with Crippen molar-refractivity contribution < 1.29 is 19.1 Å². The van der Waals surface area contributed by atoms with Gasteiger partial charge >= 0.3 is 5.97 Å². The van der Waals surface area contributed by atoms with Crippen molar-refractivity contribution in [3.63, 3.8) is 0 Å². The summed E-state index contributed by atoms with van der Waals surface area (Å²) in [4.78, 5) is 25.9. The normalized spacial score (nSPS) is 12.8. The highest BCUT2D eigenvalue weighted by atomic mass is 35.5. The van der Waals surface area contributed by atoms with Gasteiger partial charge in [0, 0.05) is 4.88 Å². The molecule has 0 fully saturated rings. The molecule has 0 spiro atoms. The molecule has 5 nitrogen and oxygen atoms in total. The standard InChI is InChI=1S/C19H20ClNO4S/c1-11(2)25-19(23)17-12-6-5-9-15(12)26-18(17)21-16(22)10-24-14-8-4-3-7-13(14)20/h3-4,7-8,11H,5-6,9-10H2,1-2H3,(H,21,22). The fourth-order valence-corrected chi connectivity index (χ4v) is 4.33. The highest BCUT2D eigenvalue weighted by Gasteiger charge is 2.28. The Bertz CT molecular complexity index is 831. The number of fused-ring (bicyclic) bond motifs is 1. The number of rotatable bonds is 6. The molecule has 2 aromatic rings. The first kappa shape index (κ1) is 18.7. The Labute approximate surface area is 161 Å². The number of amides is 1. The van der Waals surface area contributed by atoms with Crippen LogP contribution in [0.25, 0.3) is 0 Å². The zero-order valence-corrected chi connectivity index (χ0v) is 16.2. The number of para-hydroxylation sites is 1. The average Bonchev–Trinajstić information content (AvgIpc) is 3.13. The molecule has 1 aromatic heterocycles. The fourth-order valence-electron chi connectivity index (χ4n) is 2.85. The van der Waals surface area contributed by atoms with Gasteiger partial charge in [0.2, 0.25) is 0 Å². The van der Waals surface area contributed by atoms with E-state index in [2.05, 4.69) is 5.32 Å². The van der Waals surface area contributed by atoms with Crippen LogP contribution in [-0.4, -0.2) is 24.6 Å². The first-order chi connectivity index (χ1) is 12.5. The Kier molecular flexibility index (Phi) is 5.84. The van der Waals surface area contributed by atoms with Crippen molar-refractivity contribution in [2.45, 2.75) is 39.2 Å². The first-order valence-corrected chi connectivity index (χ1v) is 9.68. The van der Waals surface area contributed by atoms with Crippen molar-refractivity contribution in [3.05, 3.63) is 45.3 Å². The second kappa shape index (κ2) is 8.10. The quantitative estimate of drug-likeness (QED) is 0.735. The fraction of sp³-hybridized carbons (Fsp3) is 0.368. The predicted molar refractivity (Wildman–Crippen MR) is 102 cm³/mol. The number of esters is 1. The number of nitrogens with one attached hydrogen (secondary N) is 1. The molecule has 0 saturated heterocycles. The molecule has 0 bridgehead atoms. The van der Waals surface area contributed by atoms with Crippen molar-refractivity contribution >= 4 is 39.8 Å². The van der Waals surface area contributed by atoms with E-state index in [0.29, 0.717) is 21.3 Å². The third-order valence-corrected chi connectivity index (χ3v) is 5.44. The van der Waals surface area contributed by atoms with Crippen LogP contribution in [0.1, 0.15) is 41.1 Å². The van der Waals surface area contributed by atoms with E-state index in [4.69, 9.17) is 21.1 Å². The van der Waals surface area contributed by atoms with Gasteiger partial charge in [0.05, 0.1) is 16.7 Å². The predicted octanol–water partition coefficient (Wildman–Crippen LogP) is 4.47. The van der Waals surface area contributed by atoms with Gasteiger partial charge in [-0.2, -0.15) is 0 Å². The summed E-state index contributed by atoms with van der Waals surface area (Å²) >= 11 is 7.46. The van der Waals surface area contributed by atoms with Crippen LogP contribution in [0.3, 0.4) is 0 Å². The number of anilines is 1. The summed E-state index contributed by atoms with van der Waals surface area (Å²) in [5, 5.41) is 3.77. The Morgan fingerprint density at radius 1 is 1.27 bits per heavy atom. The van der Waals surface area contributed by atoms with E-state index in [1.54, 1.807) is 38.1 Å². The second-order valence-corrected chi connectivity index (χ2v) is 7.80. The molecule has 138 valence electrons. The number of benzene rings is 1. The van der Waals surface area contributed by atoms with E-state index in [9.17, 15) is 9.59 Å². The lowest BCUT2D eigenvalue weighted by molar-refractivity contribution is -0.118. The molecule has 1 aliphatic rings. The van der Waals surface area contributed by atoms with Crippen LogP contribution in [0, 0.1) is 0 Å². The smallest absolute Gasteiger partial charge is 0.341 e. The van der Waals surface area contributed by atoms with Crippen molar-refractivity contribution in [1.29, 1.82) is 0 Å². The van der Waals surface area contributed by atoms with Crippen molar-refractivity contribution in [2.75, 3.05) is 11.9 Å². The third-order valence-electron chi connectivity index (χ3n) is 3.92. The molecule has 0 aliphatic heterocycles. The van der Waals surface area contributed by atoms with Gasteiger partial charge in [-0.1, -0.05) is 23.7 Å². The van der Waals surface area contributed by atoms with Crippen molar-refractivity contribution in [2.24, 2.45) is 0 Å². The van der Waals surface area contributed by atoms with Gasteiger partial charge in [-0.05, 0) is 50.8 Å². The van der Waals surface area contributed by atoms with Crippen LogP contribution in [0.5, 0.6) is 5.75 Å². The number of halogens is 1. The monoisotopic (exact) mass is 393 g/mol. The van der Waals surface area contributed by atoms with Crippen molar-refractivity contribution in [3.8, 4) is 5.75 Å². The number of aryl methyl sites for hydroxylation is 1. The molecule has 1 aromatic carbocycles. The summed E-state index contributed by atoms with van der Waals surface area (Å²) in [5.41, 5.74) is 1.49. The number of hydrogen-bond donors (Lipinski definition) is 1. The lowest BCUT2D eigenvalue weighted by atomic mass is 10.1. The maximum Gasteiger partial charge on any atom is 0.341 e. The topological polar surface area (TPSA) is 64.6 Å². The number of thiophene rings is 1. The van der Waals surface area contributed by atoms with Gasteiger partial charge in [-0.25, -0.2) is 4.79 Å². The minimum Gasteiger partial charge on any atom is -0.482 e. The van der Waals surface area contributed by atoms with E-state index in [1.165, 1.54) is 11.3 Å². The van der Waals surface area contributed by atoms with Gasteiger partial charge in [0.1, 0.15) is 10.8 Å². The SMILES string of the molecule is CC(C)OC(=O)c1c(NC(=O)COc2ccccc2Cl)sc2c1CCC2. The minimum atomic E-state index is -0.387. The summed E-state index contributed by atoms with van der Waals surface area (Å²) < 4.78 is 10.8. The zero-order valence-electron chi connectivity index (χ0n) is 14.6. The van der Waals surface area contributed by atoms with E-state index in [0.717, 1.165) is 29.7 Å². The molecular weight excluding hydrogens is 374 g/mol. The summed E-state index contributed by atoms with van der Waals surface area (Å²) in [6.07, 6.45) is 2.56. The van der Waals surface area contributed by atoms with Gasteiger partial charge in [-0.3, -0.25) is 4.79 Å². The summed E-state index contributed by atoms with van der Waals surface area (Å²) in [5.74, 6) is -0.289. The van der Waals surface area contributed by atoms with Crippen LogP contribution < -0.4 is 10.1 Å². The minimum absolute atomic E-state index is 0.190. The second-order valence-electron chi connectivity index (χ2n) is 6.28. The summed E-state index contributed by atoms with van der Waals surface area (Å²) in [6, 6.07) is 6.96. The number of ether oxygens (including phenoxy) is 2. The molecule has 1 heterocycles. The Balaban J connectivity index is 1.72. The average molecular weight is 394 g/mol. The van der Waals surface area contributed by atoms with Crippen LogP contribution in [-0.2, 0) is 22.4 Å². The van der Waals surface area contributed by atoms with E-state index < -0.39 is 0 Å². The van der Waals surface area contributed by atoms with E-state index in [1.807, 2.05) is 0 Å². The van der Waals surface area contributed by atoms with Gasteiger partial charge < -0.3 is 14.8 Å². The molecule has 26 heavy (non-hydrogen) atoms. The van der Waals surface area contributed by atoms with E-state index in [-0.39, 0.29) is 24.6 Å². The molecule has 1 aliphatic carbocycles. The van der Waals surface area contributed by atoms with Crippen LogP contribution in [0.2, 0.25) is 5.02 Å². The molecular formula is C19H20ClNO4S. The first-order valence-electron chi connectivity index (χ1n) is 8.48. The number of hydrogen-bond acceptors (Lipinski definition) is 5. The van der Waals surface area contributed by atoms with Crippen LogP contribution in [0.4, 0.5) is 5.00 Å². The molecule has 0 unspecified atom stereocenters. The maximum atomic E-state index is 12.5. The Hall–Kier alpha value is -2.05. The van der Waals surface area contributed by atoms with E-state index >= 15 is 0 Å². The Morgan fingerprint density at radius 2 is 2.04 bits per heavy atom. The molecule has 1 amide bonds. The molecule has 1 N–H and O–H groups in total. The molecule has 0 atom stereocenters. The largest absolute Gasteiger partial charge is 0.482 e. The van der Waals surface area contributed by atoms with Crippen LogP contribution in [0.15, 0.2) is 24.3 Å². The van der Waals surface area contributed by atoms with Gasteiger partial charge in [0.25, 0.3) is 5.91 Å². The molecule has 0 radical (unpaired) electrons. The summed E-state index contributed by atoms with van der Waals surface area (Å²) in [6.45, 7) is 3.42. The number of carbonyl (C=O) groups is 2. The number of carbonyl (C=O) groups excluding carboxylic acids is 2. The zero-order chi connectivity index (χ0) is 18.7. The molecule has 3 rings (SSSR count). The Morgan fingerprint density at radius 3 is 2.77 bits per heavy atom. The van der Waals surface area contributed by atoms with Gasteiger partial charge in [-0.15, -0.1) is 11.3 Å². The lowest BCUT2D eigenvalue weighted by Gasteiger charge is -2.11. The van der Waals surface area contributed by atoms with Crippen molar-refractivity contribution in [1.82, 2.24) is 0 Å². The van der Waals surface area contributed by atoms with Crippen LogP contribution >= 0.6 is 22.9 Å². The lowest BCUT2D eigenvalue weighted by Crippen LogP contribution is -2.22. The summed E-state index contributed by atoms with van der Waals surface area (Å²) in [7, 11) is 0. The van der Waals surface area contributed by atoms with Gasteiger partial charge in [0.15, 0.2) is 6.61 Å².